The van der Waals surface area contributed by atoms with E-state index in [0.717, 1.165) is 0 Å². The maximum Gasteiger partial charge on any atom is 0.471 e. The molecule has 0 spiro atoms. The molecule has 2 fully saturated rings. The molecule has 2 aliphatic heterocycles. The fourth-order valence-electron chi connectivity index (χ4n) is 3.14. The quantitative estimate of drug-likeness (QED) is 0.203. The van der Waals surface area contributed by atoms with Gasteiger partial charge in [-0.15, -0.1) is 0 Å². The lowest BCUT2D eigenvalue weighted by Gasteiger charge is -2.37. The van der Waals surface area contributed by atoms with Crippen LogP contribution in [0.2, 0.25) is 0 Å². The number of rotatable bonds is 12. The van der Waals surface area contributed by atoms with E-state index in [2.05, 4.69) is 10.0 Å². The number of alkyl halides is 3. The van der Waals surface area contributed by atoms with Crippen LogP contribution in [0.25, 0.3) is 10.4 Å². The van der Waals surface area contributed by atoms with Crippen LogP contribution in [-0.2, 0) is 33.2 Å². The van der Waals surface area contributed by atoms with Crippen molar-refractivity contribution in [3.8, 4) is 0 Å². The minimum absolute atomic E-state index is 0.118. The summed E-state index contributed by atoms with van der Waals surface area (Å²) in [5.41, 5.74) is 8.12. The number of nitrogens with one attached hydrogen (secondary N) is 1. The Hall–Kier alpha value is -1.67. The molecule has 0 aromatic heterocycles. The second kappa shape index (κ2) is 11.8. The van der Waals surface area contributed by atoms with Gasteiger partial charge in [0.05, 0.1) is 52.3 Å². The molecule has 11 nitrogen and oxygen atoms in total. The maximum absolute atomic E-state index is 12.6. The number of hydrogen-bond acceptors (Lipinski definition) is 8. The molecule has 0 radical (unpaired) electrons. The van der Waals surface area contributed by atoms with Crippen LogP contribution in [0.15, 0.2) is 5.11 Å². The summed E-state index contributed by atoms with van der Waals surface area (Å²) in [6.07, 6.45) is -7.08. The average Bonchev–Trinajstić information content (AvgIpc) is 3.02. The van der Waals surface area contributed by atoms with Crippen LogP contribution < -0.4 is 5.32 Å². The van der Waals surface area contributed by atoms with E-state index in [0.29, 0.717) is 26.4 Å². The highest BCUT2D eigenvalue weighted by Gasteiger charge is 2.53. The van der Waals surface area contributed by atoms with Crippen LogP contribution in [0.3, 0.4) is 0 Å². The Morgan fingerprint density at radius 2 is 1.74 bits per heavy atom. The third-order valence-electron chi connectivity index (χ3n) is 4.42. The summed E-state index contributed by atoms with van der Waals surface area (Å²) in [4.78, 5) is 13.9. The summed E-state index contributed by atoms with van der Waals surface area (Å²) in [6.45, 7) is 5.04. The van der Waals surface area contributed by atoms with E-state index in [-0.39, 0.29) is 26.4 Å². The first kappa shape index (κ1) is 25.6. The summed E-state index contributed by atoms with van der Waals surface area (Å²) < 4.78 is 70.9. The van der Waals surface area contributed by atoms with Gasteiger partial charge < -0.3 is 33.7 Å². The van der Waals surface area contributed by atoms with E-state index < -0.39 is 42.2 Å². The number of amides is 1. The van der Waals surface area contributed by atoms with E-state index in [9.17, 15) is 18.0 Å². The summed E-state index contributed by atoms with van der Waals surface area (Å²) in [5, 5.41) is 5.24. The molecular weight excluding hydrogens is 429 g/mol. The molecule has 0 aliphatic carbocycles. The number of ether oxygens (including phenoxy) is 6. The van der Waals surface area contributed by atoms with Gasteiger partial charge in [-0.1, -0.05) is 5.11 Å². The molecule has 1 N–H and O–H groups in total. The summed E-state index contributed by atoms with van der Waals surface area (Å²) in [7, 11) is 0. The number of halogens is 3. The van der Waals surface area contributed by atoms with Gasteiger partial charge in [0.15, 0.2) is 5.79 Å². The number of hydrogen-bond donors (Lipinski definition) is 1. The first-order valence-electron chi connectivity index (χ1n) is 9.73. The molecule has 4 atom stereocenters. The molecule has 1 amide bonds. The van der Waals surface area contributed by atoms with E-state index >= 15 is 0 Å². The standard InChI is InChI=1S/C17H27F3N4O7/c1-16(2)30-13-11(23-15(25)17(18,19)20)9-29-12(14(13)31-16)10-28-8-7-27-6-5-26-4-3-22-24-21/h11-14H,3-10H2,1-2H3,(H,23,25)/t11-,12+,13+,14-/m0/s1. The highest BCUT2D eigenvalue weighted by molar-refractivity contribution is 5.82. The van der Waals surface area contributed by atoms with Crippen LogP contribution in [0.5, 0.6) is 0 Å². The molecule has 0 aromatic rings. The zero-order valence-corrected chi connectivity index (χ0v) is 17.3. The first-order valence-corrected chi connectivity index (χ1v) is 9.73. The summed E-state index contributed by atoms with van der Waals surface area (Å²) in [5.74, 6) is -3.09. The molecule has 2 rings (SSSR count). The Bertz CT molecular complexity index is 631. The Balaban J connectivity index is 1.70. The number of fused-ring (bicyclic) bond motifs is 1. The molecule has 178 valence electrons. The molecule has 0 saturated carbocycles. The van der Waals surface area contributed by atoms with Crippen LogP contribution in [0, 0.1) is 0 Å². The average molecular weight is 456 g/mol. The van der Waals surface area contributed by atoms with Crippen molar-refractivity contribution < 1.29 is 46.4 Å². The van der Waals surface area contributed by atoms with Gasteiger partial charge in [0.1, 0.15) is 18.3 Å². The zero-order valence-electron chi connectivity index (χ0n) is 17.3. The van der Waals surface area contributed by atoms with E-state index in [1.165, 1.54) is 0 Å². The number of azide groups is 1. The van der Waals surface area contributed by atoms with Gasteiger partial charge in [-0.05, 0) is 19.4 Å². The van der Waals surface area contributed by atoms with Crippen molar-refractivity contribution in [3.63, 3.8) is 0 Å². The van der Waals surface area contributed by atoms with Gasteiger partial charge in [0, 0.05) is 11.5 Å². The van der Waals surface area contributed by atoms with E-state index in [1.807, 2.05) is 5.32 Å². The van der Waals surface area contributed by atoms with Gasteiger partial charge in [-0.2, -0.15) is 13.2 Å². The Labute approximate surface area is 177 Å². The molecule has 2 heterocycles. The Morgan fingerprint density at radius 1 is 1.13 bits per heavy atom. The van der Waals surface area contributed by atoms with Crippen LogP contribution in [0.1, 0.15) is 13.8 Å². The number of carbonyl (C=O) groups is 1. The minimum atomic E-state index is -5.00. The highest BCUT2D eigenvalue weighted by atomic mass is 19.4. The van der Waals surface area contributed by atoms with Crippen LogP contribution >= 0.6 is 0 Å². The summed E-state index contributed by atoms with van der Waals surface area (Å²) >= 11 is 0. The molecule has 14 heteroatoms. The Morgan fingerprint density at radius 3 is 2.39 bits per heavy atom. The topological polar surface area (TPSA) is 133 Å². The van der Waals surface area contributed by atoms with Gasteiger partial charge in [-0.25, -0.2) is 0 Å². The normalized spacial score (nSPS) is 27.4. The van der Waals surface area contributed by atoms with Crippen molar-refractivity contribution in [2.24, 2.45) is 5.11 Å². The van der Waals surface area contributed by atoms with Gasteiger partial charge in [0.25, 0.3) is 0 Å². The number of nitrogens with zero attached hydrogens (tertiary/aromatic N) is 3. The second-order valence-electron chi connectivity index (χ2n) is 7.27. The number of carbonyl (C=O) groups excluding carboxylic acids is 1. The monoisotopic (exact) mass is 456 g/mol. The van der Waals surface area contributed by atoms with Crippen molar-refractivity contribution in [2.75, 3.05) is 52.8 Å². The molecule has 2 saturated heterocycles. The third kappa shape index (κ3) is 8.41. The SMILES string of the molecule is CC1(C)O[C@@H]2[C@H](O1)[C@@H](NC(=O)C(F)(F)F)CO[C@@H]2COCCOCCOCCN=[N+]=[N-]. The molecule has 31 heavy (non-hydrogen) atoms. The Kier molecular flexibility index (Phi) is 9.75. The van der Waals surface area contributed by atoms with Gasteiger partial charge >= 0.3 is 12.1 Å². The van der Waals surface area contributed by atoms with Gasteiger partial charge in [-0.3, -0.25) is 4.79 Å². The van der Waals surface area contributed by atoms with Crippen molar-refractivity contribution in [1.82, 2.24) is 5.32 Å². The third-order valence-corrected chi connectivity index (χ3v) is 4.42. The van der Waals surface area contributed by atoms with Crippen molar-refractivity contribution in [3.05, 3.63) is 10.4 Å². The lowest BCUT2D eigenvalue weighted by atomic mass is 9.98. The van der Waals surface area contributed by atoms with Crippen molar-refractivity contribution >= 4 is 5.91 Å². The fourth-order valence-corrected chi connectivity index (χ4v) is 3.14. The molecular formula is C17H27F3N4O7. The lowest BCUT2D eigenvalue weighted by Crippen LogP contribution is -2.60. The van der Waals surface area contributed by atoms with Crippen LogP contribution in [0.4, 0.5) is 13.2 Å². The van der Waals surface area contributed by atoms with Gasteiger partial charge in [0.2, 0.25) is 0 Å². The highest BCUT2D eigenvalue weighted by Crippen LogP contribution is 2.35. The predicted molar refractivity (Wildman–Crippen MR) is 98.0 cm³/mol. The first-order chi connectivity index (χ1) is 14.6. The lowest BCUT2D eigenvalue weighted by molar-refractivity contribution is -0.179. The minimum Gasteiger partial charge on any atom is -0.379 e. The van der Waals surface area contributed by atoms with E-state index in [4.69, 9.17) is 34.0 Å². The largest absolute Gasteiger partial charge is 0.471 e. The van der Waals surface area contributed by atoms with E-state index in [1.54, 1.807) is 13.8 Å². The molecule has 0 aromatic carbocycles. The predicted octanol–water partition coefficient (Wildman–Crippen LogP) is 1.31. The smallest absolute Gasteiger partial charge is 0.379 e. The van der Waals surface area contributed by atoms with Crippen LogP contribution in [-0.4, -0.2) is 95.0 Å². The van der Waals surface area contributed by atoms with Crippen molar-refractivity contribution in [1.29, 1.82) is 0 Å². The molecule has 0 unspecified atom stereocenters. The van der Waals surface area contributed by atoms with Crippen molar-refractivity contribution in [2.45, 2.75) is 50.2 Å². The summed E-state index contributed by atoms with van der Waals surface area (Å²) in [6, 6.07) is -1.00. The maximum atomic E-state index is 12.6. The molecule has 0 bridgehead atoms. The second-order valence-corrected chi connectivity index (χ2v) is 7.27. The fraction of sp³-hybridized carbons (Fsp3) is 0.941. The zero-order chi connectivity index (χ0) is 22.9. The molecule has 2 aliphatic rings.